The number of aryl methyl sites for hydroxylation is 1. The van der Waals surface area contributed by atoms with Crippen molar-refractivity contribution in [1.82, 2.24) is 14.2 Å². The molecule has 0 aliphatic carbocycles. The Balaban J connectivity index is 1.64. The fourth-order valence-corrected chi connectivity index (χ4v) is 4.75. The van der Waals surface area contributed by atoms with Crippen LogP contribution in [-0.4, -0.2) is 45.7 Å². The van der Waals surface area contributed by atoms with Gasteiger partial charge >= 0.3 is 0 Å². The lowest BCUT2D eigenvalue weighted by Gasteiger charge is -2.42. The predicted octanol–water partition coefficient (Wildman–Crippen LogP) is 5.21. The van der Waals surface area contributed by atoms with E-state index in [1.807, 2.05) is 72.6 Å². The average Bonchev–Trinajstić information content (AvgIpc) is 3.18. The highest BCUT2D eigenvalue weighted by atomic mass is 35.5. The van der Waals surface area contributed by atoms with Crippen LogP contribution in [0, 0.1) is 18.4 Å². The molecular formula is C23H20Cl2N6OS. The van der Waals surface area contributed by atoms with Crippen molar-refractivity contribution in [2.75, 3.05) is 25.0 Å². The third-order valence-electron chi connectivity index (χ3n) is 5.47. The maximum Gasteiger partial charge on any atom is 0.275 e. The van der Waals surface area contributed by atoms with Crippen molar-refractivity contribution in [2.45, 2.75) is 13.0 Å². The number of benzene rings is 2. The van der Waals surface area contributed by atoms with Gasteiger partial charge in [-0.15, -0.1) is 4.99 Å². The molecule has 2 heterocycles. The Morgan fingerprint density at radius 1 is 1.18 bits per heavy atom. The minimum absolute atomic E-state index is 0.157. The number of aliphatic imine (C=N–C) groups is 1. The monoisotopic (exact) mass is 498 g/mol. The lowest BCUT2D eigenvalue weighted by molar-refractivity contribution is 0.0546. The van der Waals surface area contributed by atoms with Crippen molar-refractivity contribution in [1.29, 1.82) is 5.26 Å². The predicted molar refractivity (Wildman–Crippen MR) is 132 cm³/mol. The van der Waals surface area contributed by atoms with Gasteiger partial charge in [0, 0.05) is 25.3 Å². The quantitative estimate of drug-likeness (QED) is 0.304. The fourth-order valence-electron chi connectivity index (χ4n) is 3.77. The normalized spacial score (nSPS) is 16.4. The van der Waals surface area contributed by atoms with Gasteiger partial charge in [-0.2, -0.15) is 9.64 Å². The van der Waals surface area contributed by atoms with Gasteiger partial charge in [0.05, 0.1) is 6.04 Å². The first kappa shape index (κ1) is 23.1. The standard InChI is InChI=1S/C23H20Cl2N6OS/c1-15-7-5-6-10-17(15)28-23(27-14-26)30-11-12-31(18(13-30)16-8-3-2-4-9-16)22(32)20-19(24)21(25)33-29-20/h2-10,18H,11-13H2,1H3,(H,27,28). The lowest BCUT2D eigenvalue weighted by atomic mass is 10.0. The van der Waals surface area contributed by atoms with Crippen LogP contribution in [0.5, 0.6) is 0 Å². The number of rotatable bonds is 3. The van der Waals surface area contributed by atoms with Crippen LogP contribution < -0.4 is 5.32 Å². The van der Waals surface area contributed by atoms with Crippen LogP contribution in [0.1, 0.15) is 27.7 Å². The van der Waals surface area contributed by atoms with Gasteiger partial charge in [0.1, 0.15) is 9.36 Å². The number of hydrogen-bond acceptors (Lipinski definition) is 5. The summed E-state index contributed by atoms with van der Waals surface area (Å²) in [5, 5.41) is 12.8. The summed E-state index contributed by atoms with van der Waals surface area (Å²) in [5.74, 6) is 0.164. The number of amides is 1. The number of nitriles is 1. The second kappa shape index (κ2) is 10.2. The van der Waals surface area contributed by atoms with Crippen LogP contribution in [0.15, 0.2) is 59.6 Å². The molecule has 1 amide bonds. The number of carbonyl (C=O) groups is 1. The summed E-state index contributed by atoms with van der Waals surface area (Å²) in [6.45, 7) is 3.29. The minimum Gasteiger partial charge on any atom is -0.338 e. The molecule has 4 rings (SSSR count). The van der Waals surface area contributed by atoms with Crippen LogP contribution in [0.2, 0.25) is 9.36 Å². The molecule has 1 N–H and O–H groups in total. The van der Waals surface area contributed by atoms with E-state index >= 15 is 0 Å². The number of nitrogens with one attached hydrogen (secondary N) is 1. The van der Waals surface area contributed by atoms with Crippen molar-refractivity contribution in [3.8, 4) is 6.19 Å². The summed E-state index contributed by atoms with van der Waals surface area (Å²) in [4.78, 5) is 21.1. The number of anilines is 1. The molecule has 1 unspecified atom stereocenters. The smallest absolute Gasteiger partial charge is 0.275 e. The van der Waals surface area contributed by atoms with E-state index in [2.05, 4.69) is 14.7 Å². The Bertz CT molecular complexity index is 1220. The number of carbonyl (C=O) groups excluding carboxylic acids is 1. The van der Waals surface area contributed by atoms with Gasteiger partial charge in [0.2, 0.25) is 12.2 Å². The Kier molecular flexibility index (Phi) is 7.14. The van der Waals surface area contributed by atoms with Gasteiger partial charge in [0.15, 0.2) is 5.69 Å². The van der Waals surface area contributed by atoms with Crippen LogP contribution in [0.3, 0.4) is 0 Å². The van der Waals surface area contributed by atoms with E-state index in [0.717, 1.165) is 28.3 Å². The molecule has 0 radical (unpaired) electrons. The molecule has 1 saturated heterocycles. The molecule has 10 heteroatoms. The molecule has 1 aliphatic heterocycles. The highest BCUT2D eigenvalue weighted by Crippen LogP contribution is 2.33. The molecule has 0 spiro atoms. The molecular weight excluding hydrogens is 479 g/mol. The maximum absolute atomic E-state index is 13.4. The number of nitrogens with zero attached hydrogens (tertiary/aromatic N) is 5. The summed E-state index contributed by atoms with van der Waals surface area (Å²) >= 11 is 13.3. The maximum atomic E-state index is 13.4. The van der Waals surface area contributed by atoms with E-state index in [1.165, 1.54) is 0 Å². The Hall–Kier alpha value is -3.12. The van der Waals surface area contributed by atoms with E-state index in [1.54, 1.807) is 4.90 Å². The lowest BCUT2D eigenvalue weighted by Crippen LogP contribution is -2.53. The third kappa shape index (κ3) is 4.96. The SMILES string of the molecule is Cc1ccccc1N/C(=N/C#N)N1CCN(C(=O)c2nsc(Cl)c2Cl)C(c2ccccc2)C1. The van der Waals surface area contributed by atoms with Crippen molar-refractivity contribution >= 4 is 52.3 Å². The molecule has 0 saturated carbocycles. The number of halogens is 2. The van der Waals surface area contributed by atoms with Crippen LogP contribution in [0.25, 0.3) is 0 Å². The number of aromatic nitrogens is 1. The Morgan fingerprint density at radius 2 is 1.91 bits per heavy atom. The topological polar surface area (TPSA) is 84.6 Å². The summed E-state index contributed by atoms with van der Waals surface area (Å²) < 4.78 is 4.45. The van der Waals surface area contributed by atoms with Crippen LogP contribution in [-0.2, 0) is 0 Å². The minimum atomic E-state index is -0.299. The molecule has 0 bridgehead atoms. The summed E-state index contributed by atoms with van der Waals surface area (Å²) in [5.41, 5.74) is 3.02. The van der Waals surface area contributed by atoms with Crippen molar-refractivity contribution < 1.29 is 4.79 Å². The molecule has 1 atom stereocenters. The summed E-state index contributed by atoms with van der Waals surface area (Å²) in [6.07, 6.45) is 1.89. The van der Waals surface area contributed by atoms with Gasteiger partial charge in [-0.3, -0.25) is 4.79 Å². The van der Waals surface area contributed by atoms with E-state index in [4.69, 9.17) is 23.2 Å². The van der Waals surface area contributed by atoms with Gasteiger partial charge < -0.3 is 15.1 Å². The van der Waals surface area contributed by atoms with Gasteiger partial charge in [-0.1, -0.05) is 71.7 Å². The van der Waals surface area contributed by atoms with E-state index in [9.17, 15) is 10.1 Å². The van der Waals surface area contributed by atoms with Crippen LogP contribution in [0.4, 0.5) is 5.69 Å². The number of guanidine groups is 1. The first-order chi connectivity index (χ1) is 16.0. The van der Waals surface area contributed by atoms with E-state index in [0.29, 0.717) is 29.9 Å². The molecule has 3 aromatic rings. The van der Waals surface area contributed by atoms with Crippen molar-refractivity contribution in [3.05, 3.63) is 80.8 Å². The molecule has 7 nitrogen and oxygen atoms in total. The highest BCUT2D eigenvalue weighted by molar-refractivity contribution is 7.11. The molecule has 1 aliphatic rings. The second-order valence-corrected chi connectivity index (χ2v) is 9.22. The van der Waals surface area contributed by atoms with Crippen molar-refractivity contribution in [2.24, 2.45) is 4.99 Å². The summed E-state index contributed by atoms with van der Waals surface area (Å²) in [6, 6.07) is 17.2. The van der Waals surface area contributed by atoms with Crippen LogP contribution >= 0.6 is 34.7 Å². The largest absolute Gasteiger partial charge is 0.338 e. The van der Waals surface area contributed by atoms with Gasteiger partial charge in [0.25, 0.3) is 5.91 Å². The van der Waals surface area contributed by atoms with E-state index < -0.39 is 0 Å². The van der Waals surface area contributed by atoms with E-state index in [-0.39, 0.29) is 22.7 Å². The number of hydrogen-bond donors (Lipinski definition) is 1. The first-order valence-corrected chi connectivity index (χ1v) is 11.7. The number of para-hydroxylation sites is 1. The fraction of sp³-hybridized carbons (Fsp3) is 0.217. The third-order valence-corrected chi connectivity index (χ3v) is 7.08. The molecule has 1 aromatic heterocycles. The molecule has 1 fully saturated rings. The molecule has 168 valence electrons. The van der Waals surface area contributed by atoms with Gasteiger partial charge in [-0.25, -0.2) is 0 Å². The molecule has 2 aromatic carbocycles. The zero-order chi connectivity index (χ0) is 23.4. The number of piperazine rings is 1. The second-order valence-electron chi connectivity index (χ2n) is 7.47. The Morgan fingerprint density at radius 3 is 2.58 bits per heavy atom. The van der Waals surface area contributed by atoms with Gasteiger partial charge in [-0.05, 0) is 35.6 Å². The molecule has 33 heavy (non-hydrogen) atoms. The average molecular weight is 499 g/mol. The summed E-state index contributed by atoms with van der Waals surface area (Å²) in [7, 11) is 0. The highest BCUT2D eigenvalue weighted by Gasteiger charge is 2.35. The Labute approximate surface area is 206 Å². The van der Waals surface area contributed by atoms with Crippen molar-refractivity contribution in [3.63, 3.8) is 0 Å². The zero-order valence-corrected chi connectivity index (χ0v) is 20.0. The first-order valence-electron chi connectivity index (χ1n) is 10.2. The zero-order valence-electron chi connectivity index (χ0n) is 17.7.